The summed E-state index contributed by atoms with van der Waals surface area (Å²) in [6.45, 7) is 15.5. The third kappa shape index (κ3) is 15.3. The molecule has 178 valence electrons. The Labute approximate surface area is 185 Å². The Morgan fingerprint density at radius 1 is 0.767 bits per heavy atom. The van der Waals surface area contributed by atoms with Crippen LogP contribution in [0.5, 0.6) is 0 Å². The molecule has 0 bridgehead atoms. The minimum Gasteiger partial charge on any atom is -0.377 e. The third-order valence-electron chi connectivity index (χ3n) is 5.53. The monoisotopic (exact) mass is 428 g/mol. The van der Waals surface area contributed by atoms with Crippen molar-refractivity contribution < 1.29 is 14.2 Å². The van der Waals surface area contributed by atoms with E-state index in [4.69, 9.17) is 14.2 Å². The molecule has 30 heavy (non-hydrogen) atoms. The number of ether oxygens (including phenoxy) is 3. The molecular formula is C23H48N4O3. The van der Waals surface area contributed by atoms with Gasteiger partial charge in [-0.15, -0.1) is 6.58 Å². The van der Waals surface area contributed by atoms with E-state index in [0.717, 1.165) is 45.9 Å². The molecule has 0 N–H and O–H groups in total. The summed E-state index contributed by atoms with van der Waals surface area (Å²) in [5.41, 5.74) is 0. The van der Waals surface area contributed by atoms with E-state index >= 15 is 0 Å². The zero-order chi connectivity index (χ0) is 22.0. The standard InChI is InChI=1S/C23H48N4O3/c1-6-18-28-21-23-22-29-19-16-26(4)14-8-12-24(2)10-7-11-25(3)13-9-15-27(5)17-20-30-23/h6,23H,1,7-22H2,2-5H3. The first-order valence-electron chi connectivity index (χ1n) is 11.6. The fraction of sp³-hybridized carbons (Fsp3) is 0.913. The highest BCUT2D eigenvalue weighted by Crippen LogP contribution is 2.00. The summed E-state index contributed by atoms with van der Waals surface area (Å²) >= 11 is 0. The number of likely N-dealkylation sites (N-methyl/N-ethyl adjacent to an activating group) is 2. The maximum absolute atomic E-state index is 6.06. The molecule has 7 nitrogen and oxygen atoms in total. The van der Waals surface area contributed by atoms with Gasteiger partial charge in [0.1, 0.15) is 6.10 Å². The predicted molar refractivity (Wildman–Crippen MR) is 125 cm³/mol. The van der Waals surface area contributed by atoms with Gasteiger partial charge in [0.25, 0.3) is 0 Å². The average molecular weight is 429 g/mol. The lowest BCUT2D eigenvalue weighted by atomic mass is 10.3. The Kier molecular flexibility index (Phi) is 16.6. The molecule has 1 aliphatic rings. The van der Waals surface area contributed by atoms with Crippen LogP contribution in [-0.4, -0.2) is 139 Å². The molecule has 1 atom stereocenters. The fourth-order valence-electron chi connectivity index (χ4n) is 3.52. The number of nitrogens with zero attached hydrogens (tertiary/aromatic N) is 4. The fourth-order valence-corrected chi connectivity index (χ4v) is 3.52. The summed E-state index contributed by atoms with van der Waals surface area (Å²) in [5, 5.41) is 0. The molecule has 0 saturated carbocycles. The van der Waals surface area contributed by atoms with Crippen LogP contribution in [0.25, 0.3) is 0 Å². The van der Waals surface area contributed by atoms with Crippen LogP contribution >= 0.6 is 0 Å². The summed E-state index contributed by atoms with van der Waals surface area (Å²) < 4.78 is 17.6. The molecular weight excluding hydrogens is 380 g/mol. The molecule has 1 unspecified atom stereocenters. The number of hydrogen-bond donors (Lipinski definition) is 0. The third-order valence-corrected chi connectivity index (χ3v) is 5.53. The van der Waals surface area contributed by atoms with Crippen LogP contribution in [0, 0.1) is 0 Å². The first-order chi connectivity index (χ1) is 14.5. The first-order valence-corrected chi connectivity index (χ1v) is 11.6. The van der Waals surface area contributed by atoms with Crippen LogP contribution in [0.15, 0.2) is 12.7 Å². The van der Waals surface area contributed by atoms with Crippen LogP contribution in [0.2, 0.25) is 0 Å². The molecule has 1 fully saturated rings. The highest BCUT2D eigenvalue weighted by atomic mass is 16.6. The summed E-state index contributed by atoms with van der Waals surface area (Å²) in [6.07, 6.45) is 5.35. The van der Waals surface area contributed by atoms with Crippen molar-refractivity contribution in [1.82, 2.24) is 19.6 Å². The van der Waals surface area contributed by atoms with Gasteiger partial charge < -0.3 is 33.8 Å². The summed E-state index contributed by atoms with van der Waals surface area (Å²) in [6, 6.07) is 0. The SMILES string of the molecule is C=CCOCC1COCCN(C)CCCN(C)CCCN(C)CCCN(C)CCO1. The van der Waals surface area contributed by atoms with Crippen LogP contribution in [-0.2, 0) is 14.2 Å². The van der Waals surface area contributed by atoms with Gasteiger partial charge in [0, 0.05) is 13.1 Å². The van der Waals surface area contributed by atoms with Gasteiger partial charge in [-0.1, -0.05) is 6.08 Å². The van der Waals surface area contributed by atoms with E-state index < -0.39 is 0 Å². The molecule has 7 heteroatoms. The lowest BCUT2D eigenvalue weighted by molar-refractivity contribution is -0.0608. The molecule has 0 radical (unpaired) electrons. The van der Waals surface area contributed by atoms with Crippen molar-refractivity contribution in [1.29, 1.82) is 0 Å². The molecule has 0 aromatic rings. The normalized spacial score (nSPS) is 25.5. The van der Waals surface area contributed by atoms with Gasteiger partial charge in [-0.3, -0.25) is 0 Å². The Bertz CT molecular complexity index is 414. The summed E-state index contributed by atoms with van der Waals surface area (Å²) in [4.78, 5) is 9.61. The molecule has 0 amide bonds. The molecule has 0 aromatic heterocycles. The molecule has 0 aromatic carbocycles. The van der Waals surface area contributed by atoms with Crippen molar-refractivity contribution in [3.05, 3.63) is 12.7 Å². The number of rotatable bonds is 4. The average Bonchev–Trinajstić information content (AvgIpc) is 2.70. The van der Waals surface area contributed by atoms with E-state index in [1.165, 1.54) is 32.4 Å². The van der Waals surface area contributed by atoms with E-state index in [0.29, 0.717) is 26.4 Å². The van der Waals surface area contributed by atoms with Crippen LogP contribution in [0.1, 0.15) is 19.3 Å². The van der Waals surface area contributed by atoms with Gasteiger partial charge >= 0.3 is 0 Å². The van der Waals surface area contributed by atoms with Gasteiger partial charge in [-0.2, -0.15) is 0 Å². The zero-order valence-corrected chi connectivity index (χ0v) is 20.2. The maximum Gasteiger partial charge on any atom is 0.104 e. The Morgan fingerprint density at radius 3 is 1.73 bits per heavy atom. The molecule has 0 aliphatic carbocycles. The van der Waals surface area contributed by atoms with E-state index in [9.17, 15) is 0 Å². The van der Waals surface area contributed by atoms with Crippen LogP contribution in [0.4, 0.5) is 0 Å². The Hall–Kier alpha value is -0.540. The van der Waals surface area contributed by atoms with Crippen LogP contribution < -0.4 is 0 Å². The molecule has 1 aliphatic heterocycles. The maximum atomic E-state index is 6.06. The Morgan fingerprint density at radius 2 is 1.23 bits per heavy atom. The van der Waals surface area contributed by atoms with Gasteiger partial charge in [-0.05, 0) is 86.7 Å². The second-order valence-electron chi connectivity index (χ2n) is 8.67. The van der Waals surface area contributed by atoms with E-state index in [1.54, 1.807) is 6.08 Å². The second-order valence-corrected chi connectivity index (χ2v) is 8.67. The highest BCUT2D eigenvalue weighted by molar-refractivity contribution is 4.66. The highest BCUT2D eigenvalue weighted by Gasteiger charge is 2.11. The summed E-state index contributed by atoms with van der Waals surface area (Å²) in [7, 11) is 8.82. The van der Waals surface area contributed by atoms with Crippen molar-refractivity contribution >= 4 is 0 Å². The number of hydrogen-bond acceptors (Lipinski definition) is 7. The lowest BCUT2D eigenvalue weighted by Gasteiger charge is -2.23. The van der Waals surface area contributed by atoms with Crippen molar-refractivity contribution in [3.8, 4) is 0 Å². The Balaban J connectivity index is 2.48. The molecule has 0 spiro atoms. The minimum atomic E-state index is -0.0300. The first kappa shape index (κ1) is 27.5. The molecule has 1 saturated heterocycles. The predicted octanol–water partition coefficient (Wildman–Crippen LogP) is 1.50. The van der Waals surface area contributed by atoms with Gasteiger partial charge in [0.15, 0.2) is 0 Å². The quantitative estimate of drug-likeness (QED) is 0.496. The van der Waals surface area contributed by atoms with Crippen molar-refractivity contribution in [2.24, 2.45) is 0 Å². The molecule has 1 rings (SSSR count). The van der Waals surface area contributed by atoms with Crippen molar-refractivity contribution in [2.75, 3.05) is 114 Å². The largest absolute Gasteiger partial charge is 0.377 e. The topological polar surface area (TPSA) is 40.7 Å². The summed E-state index contributed by atoms with van der Waals surface area (Å²) in [5.74, 6) is 0. The van der Waals surface area contributed by atoms with Gasteiger partial charge in [-0.25, -0.2) is 0 Å². The van der Waals surface area contributed by atoms with E-state index in [2.05, 4.69) is 54.4 Å². The van der Waals surface area contributed by atoms with Crippen molar-refractivity contribution in [3.63, 3.8) is 0 Å². The van der Waals surface area contributed by atoms with Crippen LogP contribution in [0.3, 0.4) is 0 Å². The van der Waals surface area contributed by atoms with E-state index in [-0.39, 0.29) is 6.10 Å². The van der Waals surface area contributed by atoms with Gasteiger partial charge in [0.2, 0.25) is 0 Å². The minimum absolute atomic E-state index is 0.0300. The zero-order valence-electron chi connectivity index (χ0n) is 20.2. The second kappa shape index (κ2) is 18.1. The lowest BCUT2D eigenvalue weighted by Crippen LogP contribution is -2.33. The van der Waals surface area contributed by atoms with Gasteiger partial charge in [0.05, 0.1) is 33.0 Å². The van der Waals surface area contributed by atoms with E-state index in [1.807, 2.05) is 0 Å². The van der Waals surface area contributed by atoms with Crippen molar-refractivity contribution in [2.45, 2.75) is 25.4 Å². The smallest absolute Gasteiger partial charge is 0.104 e. The molecule has 1 heterocycles.